The van der Waals surface area contributed by atoms with Crippen molar-refractivity contribution >= 4 is 5.69 Å². The van der Waals surface area contributed by atoms with Gasteiger partial charge in [-0.1, -0.05) is 6.92 Å². The largest absolute Gasteiger partial charge is 0.385 e. The zero-order valence-corrected chi connectivity index (χ0v) is 9.22. The highest BCUT2D eigenvalue weighted by molar-refractivity contribution is 5.50. The molecule has 3 nitrogen and oxygen atoms in total. The predicted octanol–water partition coefficient (Wildman–Crippen LogP) is 1.93. The van der Waals surface area contributed by atoms with Gasteiger partial charge in [0.15, 0.2) is 0 Å². The third kappa shape index (κ3) is 3.00. The van der Waals surface area contributed by atoms with Crippen molar-refractivity contribution in [3.63, 3.8) is 0 Å². The highest BCUT2D eigenvalue weighted by atomic mass is 14.9. The lowest BCUT2D eigenvalue weighted by Gasteiger charge is -2.11. The van der Waals surface area contributed by atoms with Crippen molar-refractivity contribution in [1.29, 1.82) is 0 Å². The van der Waals surface area contributed by atoms with Crippen LogP contribution in [0, 0.1) is 6.92 Å². The Morgan fingerprint density at radius 1 is 1.43 bits per heavy atom. The van der Waals surface area contributed by atoms with E-state index in [1.165, 1.54) is 11.3 Å². The maximum absolute atomic E-state index is 4.29. The first kappa shape index (κ1) is 11.0. The van der Waals surface area contributed by atoms with Crippen LogP contribution in [0.2, 0.25) is 0 Å². The number of anilines is 1. The van der Waals surface area contributed by atoms with Crippen LogP contribution in [0.15, 0.2) is 12.3 Å². The van der Waals surface area contributed by atoms with E-state index in [9.17, 15) is 0 Å². The van der Waals surface area contributed by atoms with Crippen LogP contribution in [0.3, 0.4) is 0 Å². The smallest absolute Gasteiger partial charge is 0.0419 e. The van der Waals surface area contributed by atoms with Crippen molar-refractivity contribution in [2.45, 2.75) is 26.8 Å². The molecule has 0 aliphatic carbocycles. The van der Waals surface area contributed by atoms with E-state index in [0.717, 1.165) is 25.2 Å². The van der Waals surface area contributed by atoms with E-state index >= 15 is 0 Å². The Kier molecular flexibility index (Phi) is 4.40. The molecular formula is C11H19N3. The molecule has 0 amide bonds. The number of aromatic nitrogens is 1. The molecule has 0 aliphatic rings. The summed E-state index contributed by atoms with van der Waals surface area (Å²) in [7, 11) is 1.95. The number of pyridine rings is 1. The first-order chi connectivity index (χ1) is 6.77. The van der Waals surface area contributed by atoms with E-state index in [-0.39, 0.29) is 0 Å². The minimum absolute atomic E-state index is 0.860. The molecule has 0 fully saturated rings. The highest BCUT2D eigenvalue weighted by Gasteiger charge is 2.01. The van der Waals surface area contributed by atoms with Gasteiger partial charge in [-0.15, -0.1) is 0 Å². The van der Waals surface area contributed by atoms with Gasteiger partial charge in [-0.05, 0) is 26.5 Å². The molecule has 2 N–H and O–H groups in total. The minimum Gasteiger partial charge on any atom is -0.385 e. The molecule has 0 saturated carbocycles. The molecule has 0 spiro atoms. The van der Waals surface area contributed by atoms with Crippen LogP contribution in [0.25, 0.3) is 0 Å². The van der Waals surface area contributed by atoms with Gasteiger partial charge in [-0.3, -0.25) is 4.98 Å². The molecule has 3 heteroatoms. The molecule has 0 unspecified atom stereocenters. The molecule has 0 bridgehead atoms. The Morgan fingerprint density at radius 2 is 2.21 bits per heavy atom. The fourth-order valence-electron chi connectivity index (χ4n) is 1.34. The molecule has 14 heavy (non-hydrogen) atoms. The Labute approximate surface area is 85.9 Å². The normalized spacial score (nSPS) is 10.2. The molecule has 0 saturated heterocycles. The number of nitrogens with zero attached hydrogens (tertiary/aromatic N) is 1. The lowest BCUT2D eigenvalue weighted by molar-refractivity contribution is 0.811. The zero-order chi connectivity index (χ0) is 10.4. The summed E-state index contributed by atoms with van der Waals surface area (Å²) in [6.45, 7) is 6.05. The second-order valence-electron chi connectivity index (χ2n) is 3.44. The SMILES string of the molecule is CCCNc1cc(C)ncc1CNC. The Bertz CT molecular complexity index is 284. The van der Waals surface area contributed by atoms with Crippen LogP contribution in [-0.4, -0.2) is 18.6 Å². The van der Waals surface area contributed by atoms with E-state index in [1.807, 2.05) is 20.2 Å². The number of aryl methyl sites for hydroxylation is 1. The lowest BCUT2D eigenvalue weighted by atomic mass is 10.2. The van der Waals surface area contributed by atoms with Gasteiger partial charge < -0.3 is 10.6 Å². The Hall–Kier alpha value is -1.09. The van der Waals surface area contributed by atoms with Crippen LogP contribution in [0.5, 0.6) is 0 Å². The predicted molar refractivity (Wildman–Crippen MR) is 60.5 cm³/mol. The molecule has 1 rings (SSSR count). The zero-order valence-electron chi connectivity index (χ0n) is 9.22. The Morgan fingerprint density at radius 3 is 2.86 bits per heavy atom. The van der Waals surface area contributed by atoms with Crippen LogP contribution in [0.1, 0.15) is 24.6 Å². The van der Waals surface area contributed by atoms with Crippen molar-refractivity contribution < 1.29 is 0 Å². The van der Waals surface area contributed by atoms with Gasteiger partial charge >= 0.3 is 0 Å². The summed E-state index contributed by atoms with van der Waals surface area (Å²) in [6.07, 6.45) is 3.07. The number of hydrogen-bond acceptors (Lipinski definition) is 3. The summed E-state index contributed by atoms with van der Waals surface area (Å²) < 4.78 is 0. The fraction of sp³-hybridized carbons (Fsp3) is 0.545. The van der Waals surface area contributed by atoms with Gasteiger partial charge in [0.2, 0.25) is 0 Å². The van der Waals surface area contributed by atoms with Crippen LogP contribution >= 0.6 is 0 Å². The molecule has 1 heterocycles. The molecule has 0 aromatic carbocycles. The van der Waals surface area contributed by atoms with Gasteiger partial charge in [0.25, 0.3) is 0 Å². The summed E-state index contributed by atoms with van der Waals surface area (Å²) >= 11 is 0. The molecule has 0 aliphatic heterocycles. The summed E-state index contributed by atoms with van der Waals surface area (Å²) in [4.78, 5) is 4.29. The summed E-state index contributed by atoms with van der Waals surface area (Å²) in [5.74, 6) is 0. The van der Waals surface area contributed by atoms with Crippen molar-refractivity contribution in [2.75, 3.05) is 18.9 Å². The average molecular weight is 193 g/mol. The van der Waals surface area contributed by atoms with E-state index < -0.39 is 0 Å². The Balaban J connectivity index is 2.79. The summed E-state index contributed by atoms with van der Waals surface area (Å²) in [5.41, 5.74) is 3.49. The molecular weight excluding hydrogens is 174 g/mol. The van der Waals surface area contributed by atoms with E-state index in [2.05, 4.69) is 28.6 Å². The van der Waals surface area contributed by atoms with Gasteiger partial charge in [-0.2, -0.15) is 0 Å². The van der Waals surface area contributed by atoms with Gasteiger partial charge in [0.1, 0.15) is 0 Å². The quantitative estimate of drug-likeness (QED) is 0.750. The van der Waals surface area contributed by atoms with Crippen LogP contribution < -0.4 is 10.6 Å². The van der Waals surface area contributed by atoms with Crippen LogP contribution in [0.4, 0.5) is 5.69 Å². The first-order valence-electron chi connectivity index (χ1n) is 5.12. The topological polar surface area (TPSA) is 37.0 Å². The monoisotopic (exact) mass is 193 g/mol. The summed E-state index contributed by atoms with van der Waals surface area (Å²) in [5, 5.41) is 6.55. The second-order valence-corrected chi connectivity index (χ2v) is 3.44. The van der Waals surface area contributed by atoms with Gasteiger partial charge in [0, 0.05) is 36.2 Å². The standard InChI is InChI=1S/C11H19N3/c1-4-5-13-11-6-9(2)14-8-10(11)7-12-3/h6,8,12H,4-5,7H2,1-3H3,(H,13,14). The van der Waals surface area contributed by atoms with Crippen molar-refractivity contribution in [2.24, 2.45) is 0 Å². The molecule has 1 aromatic rings. The van der Waals surface area contributed by atoms with Gasteiger partial charge in [-0.25, -0.2) is 0 Å². The maximum atomic E-state index is 4.29. The van der Waals surface area contributed by atoms with Crippen molar-refractivity contribution in [3.05, 3.63) is 23.5 Å². The lowest BCUT2D eigenvalue weighted by Crippen LogP contribution is -2.10. The minimum atomic E-state index is 0.860. The third-order valence-electron chi connectivity index (χ3n) is 2.06. The summed E-state index contributed by atoms with van der Waals surface area (Å²) in [6, 6.07) is 2.10. The second kappa shape index (κ2) is 5.60. The number of hydrogen-bond donors (Lipinski definition) is 2. The van der Waals surface area contributed by atoms with Crippen molar-refractivity contribution in [3.8, 4) is 0 Å². The molecule has 78 valence electrons. The molecule has 0 radical (unpaired) electrons. The molecule has 1 aromatic heterocycles. The third-order valence-corrected chi connectivity index (χ3v) is 2.06. The van der Waals surface area contributed by atoms with Crippen molar-refractivity contribution in [1.82, 2.24) is 10.3 Å². The number of rotatable bonds is 5. The first-order valence-corrected chi connectivity index (χ1v) is 5.12. The van der Waals surface area contributed by atoms with E-state index in [0.29, 0.717) is 0 Å². The van der Waals surface area contributed by atoms with Gasteiger partial charge in [0.05, 0.1) is 0 Å². The number of nitrogens with one attached hydrogen (secondary N) is 2. The maximum Gasteiger partial charge on any atom is 0.0419 e. The average Bonchev–Trinajstić information content (AvgIpc) is 2.18. The highest BCUT2D eigenvalue weighted by Crippen LogP contribution is 2.15. The molecule has 0 atom stereocenters. The fourth-order valence-corrected chi connectivity index (χ4v) is 1.34. The van der Waals surface area contributed by atoms with E-state index in [4.69, 9.17) is 0 Å². The van der Waals surface area contributed by atoms with Crippen LogP contribution in [-0.2, 0) is 6.54 Å². The van der Waals surface area contributed by atoms with E-state index in [1.54, 1.807) is 0 Å².